The average Bonchev–Trinajstić information content (AvgIpc) is 2.38. The fraction of sp³-hybridized carbons (Fsp3) is 0. The summed E-state index contributed by atoms with van der Waals surface area (Å²) in [6, 6.07) is 13.5. The van der Waals surface area contributed by atoms with Crippen LogP contribution in [0.3, 0.4) is 0 Å². The summed E-state index contributed by atoms with van der Waals surface area (Å²) in [4.78, 5) is 8.61. The highest BCUT2D eigenvalue weighted by molar-refractivity contribution is 6.02. The van der Waals surface area contributed by atoms with Crippen LogP contribution in [0.2, 0.25) is 0 Å². The van der Waals surface area contributed by atoms with Crippen LogP contribution in [0.5, 0.6) is 0 Å². The second kappa shape index (κ2) is 3.28. The first-order valence-electron chi connectivity index (χ1n) is 4.93. The zero-order valence-electron chi connectivity index (χ0n) is 8.38. The van der Waals surface area contributed by atoms with E-state index in [2.05, 4.69) is 9.97 Å². The maximum Gasteiger partial charge on any atom is 0.141 e. The molecule has 16 heavy (non-hydrogen) atoms. The van der Waals surface area contributed by atoms with E-state index in [1.165, 1.54) is 0 Å². The molecule has 3 aromatic rings. The summed E-state index contributed by atoms with van der Waals surface area (Å²) in [7, 11) is 0. The number of hydrogen-bond donors (Lipinski definition) is 0. The summed E-state index contributed by atoms with van der Waals surface area (Å²) in [6.45, 7) is 0. The molecule has 0 bridgehead atoms. The largest absolute Gasteiger partial charge is 0.254 e. The molecule has 0 aliphatic rings. The zero-order valence-corrected chi connectivity index (χ0v) is 8.38. The lowest BCUT2D eigenvalue weighted by Gasteiger charge is -2.01. The van der Waals surface area contributed by atoms with Gasteiger partial charge in [-0.2, -0.15) is 5.26 Å². The van der Waals surface area contributed by atoms with Gasteiger partial charge in [0.2, 0.25) is 0 Å². The van der Waals surface area contributed by atoms with Gasteiger partial charge >= 0.3 is 0 Å². The van der Waals surface area contributed by atoms with Crippen molar-refractivity contribution < 1.29 is 0 Å². The minimum absolute atomic E-state index is 0.422. The van der Waals surface area contributed by atoms with Crippen LogP contribution < -0.4 is 0 Å². The van der Waals surface area contributed by atoms with Crippen LogP contribution in [0.15, 0.2) is 42.6 Å². The van der Waals surface area contributed by atoms with E-state index in [1.54, 1.807) is 12.3 Å². The molecule has 0 saturated carbocycles. The first-order valence-corrected chi connectivity index (χ1v) is 4.93. The summed E-state index contributed by atoms with van der Waals surface area (Å²) in [5.41, 5.74) is 2.06. The van der Waals surface area contributed by atoms with Crippen molar-refractivity contribution in [3.05, 3.63) is 48.3 Å². The Bertz CT molecular complexity index is 726. The Balaban J connectivity index is 2.53. The first kappa shape index (κ1) is 8.81. The Morgan fingerprint density at radius 2 is 1.69 bits per heavy atom. The van der Waals surface area contributed by atoms with Crippen molar-refractivity contribution in [2.24, 2.45) is 0 Å². The van der Waals surface area contributed by atoms with Crippen LogP contribution in [-0.2, 0) is 0 Å². The van der Waals surface area contributed by atoms with Gasteiger partial charge in [-0.25, -0.2) is 4.98 Å². The predicted octanol–water partition coefficient (Wildman–Crippen LogP) is 2.65. The van der Waals surface area contributed by atoms with Gasteiger partial charge in [-0.1, -0.05) is 18.2 Å². The van der Waals surface area contributed by atoms with Gasteiger partial charge in [-0.3, -0.25) is 4.98 Å². The van der Waals surface area contributed by atoms with Crippen molar-refractivity contribution in [1.29, 1.82) is 5.26 Å². The highest BCUT2D eigenvalue weighted by Crippen LogP contribution is 2.21. The summed E-state index contributed by atoms with van der Waals surface area (Å²) >= 11 is 0. The third-order valence-corrected chi connectivity index (χ3v) is 2.55. The molecule has 3 nitrogen and oxygen atoms in total. The number of fused-ring (bicyclic) bond motifs is 3. The minimum atomic E-state index is 0.422. The topological polar surface area (TPSA) is 49.6 Å². The molecule has 0 aliphatic carbocycles. The zero-order chi connectivity index (χ0) is 11.0. The van der Waals surface area contributed by atoms with E-state index in [0.717, 1.165) is 21.8 Å². The van der Waals surface area contributed by atoms with E-state index in [4.69, 9.17) is 5.26 Å². The van der Waals surface area contributed by atoms with Gasteiger partial charge in [0.25, 0.3) is 0 Å². The lowest BCUT2D eigenvalue weighted by atomic mass is 10.1. The van der Waals surface area contributed by atoms with E-state index >= 15 is 0 Å². The van der Waals surface area contributed by atoms with E-state index in [9.17, 15) is 0 Å². The Kier molecular flexibility index (Phi) is 1.81. The van der Waals surface area contributed by atoms with Crippen LogP contribution in [0.4, 0.5) is 0 Å². The second-order valence-electron chi connectivity index (χ2n) is 3.52. The van der Waals surface area contributed by atoms with Crippen molar-refractivity contribution in [2.45, 2.75) is 0 Å². The number of nitrogens with zero attached hydrogens (tertiary/aromatic N) is 3. The van der Waals surface area contributed by atoms with Crippen LogP contribution in [0, 0.1) is 11.3 Å². The van der Waals surface area contributed by atoms with Gasteiger partial charge in [0.05, 0.1) is 11.0 Å². The van der Waals surface area contributed by atoms with E-state index in [-0.39, 0.29) is 0 Å². The summed E-state index contributed by atoms with van der Waals surface area (Å²) in [5, 5.41) is 10.9. The molecule has 0 N–H and O–H groups in total. The molecule has 3 heteroatoms. The number of benzene rings is 1. The normalized spacial score (nSPS) is 10.4. The lowest BCUT2D eigenvalue weighted by molar-refractivity contribution is 1.32. The molecule has 0 amide bonds. The third kappa shape index (κ3) is 1.21. The summed E-state index contributed by atoms with van der Waals surface area (Å²) in [6.07, 6.45) is 1.74. The molecule has 2 heterocycles. The predicted molar refractivity (Wildman–Crippen MR) is 61.8 cm³/mol. The number of hydrogen-bond acceptors (Lipinski definition) is 3. The fourth-order valence-corrected chi connectivity index (χ4v) is 1.79. The van der Waals surface area contributed by atoms with Crippen LogP contribution in [0.1, 0.15) is 5.69 Å². The summed E-state index contributed by atoms with van der Waals surface area (Å²) < 4.78 is 0. The molecule has 3 rings (SSSR count). The van der Waals surface area contributed by atoms with Crippen molar-refractivity contribution in [1.82, 2.24) is 9.97 Å². The van der Waals surface area contributed by atoms with Gasteiger partial charge in [-0.15, -0.1) is 0 Å². The van der Waals surface area contributed by atoms with E-state index in [1.807, 2.05) is 36.4 Å². The molecule has 0 unspecified atom stereocenters. The number of pyridine rings is 2. The highest BCUT2D eigenvalue weighted by atomic mass is 14.7. The van der Waals surface area contributed by atoms with Crippen LogP contribution in [-0.4, -0.2) is 9.97 Å². The minimum Gasteiger partial charge on any atom is -0.254 e. The fourth-order valence-electron chi connectivity index (χ4n) is 1.79. The number of nitriles is 1. The first-order chi connectivity index (χ1) is 7.88. The molecular formula is C13H7N3. The Labute approximate surface area is 92.0 Å². The molecule has 0 spiro atoms. The van der Waals surface area contributed by atoms with Crippen molar-refractivity contribution in [2.75, 3.05) is 0 Å². The molecule has 2 aromatic heterocycles. The summed E-state index contributed by atoms with van der Waals surface area (Å²) in [5.74, 6) is 0. The smallest absolute Gasteiger partial charge is 0.141 e. The van der Waals surface area contributed by atoms with Crippen LogP contribution in [0.25, 0.3) is 21.8 Å². The quantitative estimate of drug-likeness (QED) is 0.530. The van der Waals surface area contributed by atoms with Gasteiger partial charge in [0, 0.05) is 17.0 Å². The lowest BCUT2D eigenvalue weighted by Crippen LogP contribution is -1.87. The highest BCUT2D eigenvalue weighted by Gasteiger charge is 2.03. The van der Waals surface area contributed by atoms with E-state index < -0.39 is 0 Å². The Morgan fingerprint density at radius 1 is 0.938 bits per heavy atom. The molecule has 0 radical (unpaired) electrons. The molecule has 0 saturated heterocycles. The second-order valence-corrected chi connectivity index (χ2v) is 3.52. The number of aromatic nitrogens is 2. The molecule has 0 aliphatic heterocycles. The van der Waals surface area contributed by atoms with Gasteiger partial charge in [0.15, 0.2) is 0 Å². The molecule has 0 fully saturated rings. The standard InChI is InChI=1S/C13H7N3/c14-8-11-6-5-10-4-3-9-2-1-7-15-12(9)13(10)16-11/h1-7H. The van der Waals surface area contributed by atoms with Gasteiger partial charge < -0.3 is 0 Å². The molecule has 74 valence electrons. The van der Waals surface area contributed by atoms with Gasteiger partial charge in [0.1, 0.15) is 11.8 Å². The Morgan fingerprint density at radius 3 is 2.50 bits per heavy atom. The maximum absolute atomic E-state index is 8.84. The monoisotopic (exact) mass is 205 g/mol. The van der Waals surface area contributed by atoms with Crippen LogP contribution >= 0.6 is 0 Å². The third-order valence-electron chi connectivity index (χ3n) is 2.55. The Hall–Kier alpha value is -2.47. The maximum atomic E-state index is 8.84. The molecular weight excluding hydrogens is 198 g/mol. The van der Waals surface area contributed by atoms with E-state index in [0.29, 0.717) is 5.69 Å². The van der Waals surface area contributed by atoms with Crippen molar-refractivity contribution in [3.63, 3.8) is 0 Å². The SMILES string of the molecule is N#Cc1ccc2ccc3cccnc3c2n1. The average molecular weight is 205 g/mol. The number of rotatable bonds is 0. The molecule has 0 atom stereocenters. The van der Waals surface area contributed by atoms with Gasteiger partial charge in [-0.05, 0) is 18.2 Å². The van der Waals surface area contributed by atoms with Crippen molar-refractivity contribution in [3.8, 4) is 6.07 Å². The van der Waals surface area contributed by atoms with Crippen molar-refractivity contribution >= 4 is 21.8 Å². The molecule has 1 aromatic carbocycles.